The lowest BCUT2D eigenvalue weighted by Crippen LogP contribution is -2.39. The van der Waals surface area contributed by atoms with Crippen LogP contribution in [-0.4, -0.2) is 34.1 Å². The molecule has 2 aromatic heterocycles. The van der Waals surface area contributed by atoms with E-state index in [0.717, 1.165) is 58.8 Å². The molecule has 6 heteroatoms. The SMILES string of the molecule is CCc1ccc(-c2csc3nc(C)nc(N4CCCC(C(=O)O)C4)c23)cc1. The van der Waals surface area contributed by atoms with Gasteiger partial charge in [-0.15, -0.1) is 11.3 Å². The number of aromatic nitrogens is 2. The zero-order valence-electron chi connectivity index (χ0n) is 15.6. The maximum absolute atomic E-state index is 11.5. The van der Waals surface area contributed by atoms with Crippen LogP contribution in [0.4, 0.5) is 5.82 Å². The quantitative estimate of drug-likeness (QED) is 0.719. The van der Waals surface area contributed by atoms with Crippen LogP contribution in [0.1, 0.15) is 31.2 Å². The smallest absolute Gasteiger partial charge is 0.308 e. The first-order chi connectivity index (χ1) is 13.1. The molecule has 0 spiro atoms. The summed E-state index contributed by atoms with van der Waals surface area (Å²) in [5, 5.41) is 12.6. The lowest BCUT2D eigenvalue weighted by Gasteiger charge is -2.32. The Hall–Kier alpha value is -2.47. The first-order valence-corrected chi connectivity index (χ1v) is 10.3. The molecule has 1 atom stereocenters. The van der Waals surface area contributed by atoms with Crippen LogP contribution in [0.15, 0.2) is 29.6 Å². The topological polar surface area (TPSA) is 66.3 Å². The van der Waals surface area contributed by atoms with Gasteiger partial charge in [-0.2, -0.15) is 0 Å². The number of aryl methyl sites for hydroxylation is 2. The maximum Gasteiger partial charge on any atom is 0.308 e. The summed E-state index contributed by atoms with van der Waals surface area (Å²) in [4.78, 5) is 24.0. The summed E-state index contributed by atoms with van der Waals surface area (Å²) in [5.41, 5.74) is 3.59. The normalized spacial score (nSPS) is 17.4. The minimum Gasteiger partial charge on any atom is -0.481 e. The highest BCUT2D eigenvalue weighted by Crippen LogP contribution is 2.39. The van der Waals surface area contributed by atoms with Crippen LogP contribution in [0.5, 0.6) is 0 Å². The molecule has 5 nitrogen and oxygen atoms in total. The number of hydrogen-bond acceptors (Lipinski definition) is 5. The molecule has 3 heterocycles. The van der Waals surface area contributed by atoms with Crippen molar-refractivity contribution in [3.05, 3.63) is 41.0 Å². The summed E-state index contributed by atoms with van der Waals surface area (Å²) in [7, 11) is 0. The predicted molar refractivity (Wildman–Crippen MR) is 110 cm³/mol. The summed E-state index contributed by atoms with van der Waals surface area (Å²) in [6.45, 7) is 5.39. The molecule has 140 valence electrons. The Balaban J connectivity index is 1.82. The second-order valence-corrected chi connectivity index (χ2v) is 7.96. The Kier molecular flexibility index (Phi) is 4.83. The molecule has 1 aliphatic heterocycles. The van der Waals surface area contributed by atoms with Crippen LogP contribution in [0.25, 0.3) is 21.3 Å². The Bertz CT molecular complexity index is 981. The zero-order chi connectivity index (χ0) is 19.0. The number of fused-ring (bicyclic) bond motifs is 1. The van der Waals surface area contributed by atoms with Gasteiger partial charge in [-0.25, -0.2) is 9.97 Å². The average Bonchev–Trinajstić information content (AvgIpc) is 3.11. The number of thiophene rings is 1. The Morgan fingerprint density at radius 2 is 2.07 bits per heavy atom. The molecule has 0 radical (unpaired) electrons. The van der Waals surface area contributed by atoms with Crippen LogP contribution in [0, 0.1) is 12.8 Å². The summed E-state index contributed by atoms with van der Waals surface area (Å²) in [6.07, 6.45) is 2.61. The summed E-state index contributed by atoms with van der Waals surface area (Å²) in [6, 6.07) is 8.63. The van der Waals surface area contributed by atoms with Gasteiger partial charge in [0.05, 0.1) is 11.3 Å². The van der Waals surface area contributed by atoms with Crippen molar-refractivity contribution in [2.45, 2.75) is 33.1 Å². The van der Waals surface area contributed by atoms with E-state index in [-0.39, 0.29) is 5.92 Å². The molecule has 1 aliphatic rings. The Morgan fingerprint density at radius 3 is 2.78 bits per heavy atom. The molecule has 0 bridgehead atoms. The van der Waals surface area contributed by atoms with E-state index in [1.54, 1.807) is 11.3 Å². The molecule has 3 aromatic rings. The molecule has 1 saturated heterocycles. The number of carbonyl (C=O) groups is 1. The fourth-order valence-corrected chi connectivity index (χ4v) is 4.75. The van der Waals surface area contributed by atoms with Crippen LogP contribution in [0.3, 0.4) is 0 Å². The number of aliphatic carboxylic acids is 1. The summed E-state index contributed by atoms with van der Waals surface area (Å²) >= 11 is 1.62. The van der Waals surface area contributed by atoms with Gasteiger partial charge in [0.25, 0.3) is 0 Å². The van der Waals surface area contributed by atoms with Gasteiger partial charge in [-0.1, -0.05) is 31.2 Å². The summed E-state index contributed by atoms with van der Waals surface area (Å²) < 4.78 is 0. The van der Waals surface area contributed by atoms with Crippen molar-refractivity contribution < 1.29 is 9.90 Å². The number of hydrogen-bond donors (Lipinski definition) is 1. The lowest BCUT2D eigenvalue weighted by atomic mass is 9.97. The minimum atomic E-state index is -0.720. The highest BCUT2D eigenvalue weighted by molar-refractivity contribution is 7.17. The monoisotopic (exact) mass is 381 g/mol. The Labute approximate surface area is 162 Å². The van der Waals surface area contributed by atoms with Crippen LogP contribution < -0.4 is 4.90 Å². The van der Waals surface area contributed by atoms with E-state index < -0.39 is 5.97 Å². The number of nitrogens with zero attached hydrogens (tertiary/aromatic N) is 3. The molecule has 0 aliphatic carbocycles. The van der Waals surface area contributed by atoms with Gasteiger partial charge in [-0.05, 0) is 37.3 Å². The zero-order valence-corrected chi connectivity index (χ0v) is 16.4. The van der Waals surface area contributed by atoms with E-state index in [1.807, 2.05) is 6.92 Å². The van der Waals surface area contributed by atoms with Gasteiger partial charge in [0.2, 0.25) is 0 Å². The largest absolute Gasteiger partial charge is 0.481 e. The highest BCUT2D eigenvalue weighted by atomic mass is 32.1. The second-order valence-electron chi connectivity index (χ2n) is 7.10. The van der Waals surface area contributed by atoms with Gasteiger partial charge >= 0.3 is 5.97 Å². The first-order valence-electron chi connectivity index (χ1n) is 9.39. The van der Waals surface area contributed by atoms with E-state index in [2.05, 4.69) is 46.5 Å². The number of carboxylic acid groups (broad SMARTS) is 1. The Morgan fingerprint density at radius 1 is 1.30 bits per heavy atom. The third-order valence-electron chi connectivity index (χ3n) is 5.27. The molecule has 0 saturated carbocycles. The van der Waals surface area contributed by atoms with Gasteiger partial charge in [-0.3, -0.25) is 4.79 Å². The van der Waals surface area contributed by atoms with Gasteiger partial charge < -0.3 is 10.0 Å². The highest BCUT2D eigenvalue weighted by Gasteiger charge is 2.28. The molecular weight excluding hydrogens is 358 g/mol. The van der Waals surface area contributed by atoms with Crippen molar-refractivity contribution in [2.24, 2.45) is 5.92 Å². The molecule has 0 amide bonds. The fourth-order valence-electron chi connectivity index (χ4n) is 3.76. The van der Waals surface area contributed by atoms with Crippen molar-refractivity contribution in [1.29, 1.82) is 0 Å². The molecule has 1 aromatic carbocycles. The van der Waals surface area contributed by atoms with E-state index >= 15 is 0 Å². The predicted octanol–water partition coefficient (Wildman–Crippen LogP) is 4.53. The van der Waals surface area contributed by atoms with Gasteiger partial charge in [0.1, 0.15) is 16.5 Å². The van der Waals surface area contributed by atoms with Crippen molar-refractivity contribution in [3.8, 4) is 11.1 Å². The first kappa shape index (κ1) is 17.9. The maximum atomic E-state index is 11.5. The molecule has 27 heavy (non-hydrogen) atoms. The van der Waals surface area contributed by atoms with Gasteiger partial charge in [0, 0.05) is 24.0 Å². The van der Waals surface area contributed by atoms with Gasteiger partial charge in [0.15, 0.2) is 0 Å². The molecule has 1 N–H and O–H groups in total. The fraction of sp³-hybridized carbons (Fsp3) is 0.381. The van der Waals surface area contributed by atoms with Crippen LogP contribution in [-0.2, 0) is 11.2 Å². The minimum absolute atomic E-state index is 0.338. The van der Waals surface area contributed by atoms with Crippen LogP contribution >= 0.6 is 11.3 Å². The lowest BCUT2D eigenvalue weighted by molar-refractivity contribution is -0.141. The van der Waals surface area contributed by atoms with E-state index in [9.17, 15) is 9.90 Å². The molecule has 1 fully saturated rings. The van der Waals surface area contributed by atoms with Crippen molar-refractivity contribution >= 4 is 33.3 Å². The number of carboxylic acids is 1. The third-order valence-corrected chi connectivity index (χ3v) is 6.14. The van der Waals surface area contributed by atoms with E-state index in [1.165, 1.54) is 5.56 Å². The van der Waals surface area contributed by atoms with Crippen LogP contribution in [0.2, 0.25) is 0 Å². The van der Waals surface area contributed by atoms with E-state index in [0.29, 0.717) is 6.54 Å². The molecular formula is C21H23N3O2S. The standard InChI is InChI=1S/C21H23N3O2S/c1-3-14-6-8-15(9-7-14)17-12-27-20-18(17)19(22-13(2)23-20)24-10-4-5-16(11-24)21(25)26/h6-9,12,16H,3-5,10-11H2,1-2H3,(H,25,26). The number of anilines is 1. The number of rotatable bonds is 4. The number of piperidine rings is 1. The van der Waals surface area contributed by atoms with E-state index in [4.69, 9.17) is 4.98 Å². The molecule has 4 rings (SSSR count). The molecule has 1 unspecified atom stereocenters. The van der Waals surface area contributed by atoms with Crippen molar-refractivity contribution in [1.82, 2.24) is 9.97 Å². The summed E-state index contributed by atoms with van der Waals surface area (Å²) in [5.74, 6) is 0.543. The average molecular weight is 382 g/mol. The number of benzene rings is 1. The van der Waals surface area contributed by atoms with Crippen molar-refractivity contribution in [2.75, 3.05) is 18.0 Å². The van der Waals surface area contributed by atoms with Crippen molar-refractivity contribution in [3.63, 3.8) is 0 Å². The third kappa shape index (κ3) is 3.41. The second kappa shape index (κ2) is 7.27.